The van der Waals surface area contributed by atoms with Crippen LogP contribution in [0.2, 0.25) is 0 Å². The molecule has 1 unspecified atom stereocenters. The van der Waals surface area contributed by atoms with Gasteiger partial charge in [-0.05, 0) is 25.2 Å². The lowest BCUT2D eigenvalue weighted by Crippen LogP contribution is -2.45. The monoisotopic (exact) mass is 254 g/mol. The van der Waals surface area contributed by atoms with Gasteiger partial charge in [-0.15, -0.1) is 0 Å². The van der Waals surface area contributed by atoms with Crippen LogP contribution in [-0.4, -0.2) is 49.1 Å². The van der Waals surface area contributed by atoms with E-state index in [0.717, 1.165) is 12.5 Å². The number of amides is 2. The van der Waals surface area contributed by atoms with Crippen LogP contribution < -0.4 is 5.32 Å². The highest BCUT2D eigenvalue weighted by Gasteiger charge is 2.28. The van der Waals surface area contributed by atoms with E-state index in [0.29, 0.717) is 32.5 Å². The van der Waals surface area contributed by atoms with Gasteiger partial charge in [0.05, 0.1) is 6.61 Å². The molecule has 102 valence electrons. The Bertz CT molecular complexity index is 315. The normalized spacial score (nSPS) is 24.9. The van der Waals surface area contributed by atoms with E-state index in [1.807, 2.05) is 6.92 Å². The molecule has 0 bridgehead atoms. The van der Waals surface area contributed by atoms with E-state index in [2.05, 4.69) is 5.32 Å². The molecule has 1 atom stereocenters. The molecule has 1 aliphatic heterocycles. The number of nitrogens with one attached hydrogen (secondary N) is 1. The van der Waals surface area contributed by atoms with Crippen LogP contribution in [0, 0.1) is 5.92 Å². The van der Waals surface area contributed by atoms with Gasteiger partial charge in [0.25, 0.3) is 0 Å². The maximum atomic E-state index is 12.1. The van der Waals surface area contributed by atoms with Gasteiger partial charge in [-0.3, -0.25) is 9.59 Å². The van der Waals surface area contributed by atoms with Gasteiger partial charge >= 0.3 is 0 Å². The Hall–Kier alpha value is -1.10. The Morgan fingerprint density at radius 3 is 2.83 bits per heavy atom. The van der Waals surface area contributed by atoms with Crippen molar-refractivity contribution in [3.05, 3.63) is 0 Å². The van der Waals surface area contributed by atoms with Gasteiger partial charge in [-0.1, -0.05) is 6.92 Å². The first-order chi connectivity index (χ1) is 8.70. The van der Waals surface area contributed by atoms with Crippen molar-refractivity contribution in [2.24, 2.45) is 5.92 Å². The molecule has 0 aromatic heterocycles. The Morgan fingerprint density at radius 1 is 1.39 bits per heavy atom. The average Bonchev–Trinajstić information content (AvgIpc) is 3.18. The van der Waals surface area contributed by atoms with Gasteiger partial charge in [0.15, 0.2) is 0 Å². The zero-order valence-corrected chi connectivity index (χ0v) is 11.0. The summed E-state index contributed by atoms with van der Waals surface area (Å²) in [7, 11) is 0. The topological polar surface area (TPSA) is 58.6 Å². The average molecular weight is 254 g/mol. The van der Waals surface area contributed by atoms with Crippen molar-refractivity contribution >= 4 is 11.8 Å². The smallest absolute Gasteiger partial charge is 0.245 e. The summed E-state index contributed by atoms with van der Waals surface area (Å²) >= 11 is 0. The highest BCUT2D eigenvalue weighted by molar-refractivity contribution is 5.89. The Kier molecular flexibility index (Phi) is 4.58. The van der Waals surface area contributed by atoms with Crippen LogP contribution in [0.5, 0.6) is 0 Å². The highest BCUT2D eigenvalue weighted by Crippen LogP contribution is 2.28. The molecule has 1 N–H and O–H groups in total. The summed E-state index contributed by atoms with van der Waals surface area (Å²) in [6.45, 7) is 4.41. The van der Waals surface area contributed by atoms with E-state index in [1.165, 1.54) is 12.8 Å². The Morgan fingerprint density at radius 2 is 2.17 bits per heavy atom. The fourth-order valence-electron chi connectivity index (χ4n) is 2.10. The van der Waals surface area contributed by atoms with Crippen LogP contribution in [0.15, 0.2) is 0 Å². The molecule has 2 rings (SSSR count). The van der Waals surface area contributed by atoms with Gasteiger partial charge in [0, 0.05) is 26.1 Å². The number of rotatable bonds is 6. The molecule has 1 aliphatic carbocycles. The third-order valence-corrected chi connectivity index (χ3v) is 3.52. The SMILES string of the molecule is CCC1NC(=O)CCN(CCOCC2CC2)C1=O. The minimum absolute atomic E-state index is 0.0263. The van der Waals surface area contributed by atoms with E-state index in [-0.39, 0.29) is 17.9 Å². The van der Waals surface area contributed by atoms with E-state index in [1.54, 1.807) is 4.90 Å². The van der Waals surface area contributed by atoms with Crippen LogP contribution in [0.4, 0.5) is 0 Å². The van der Waals surface area contributed by atoms with Crippen molar-refractivity contribution in [3.8, 4) is 0 Å². The van der Waals surface area contributed by atoms with Crippen molar-refractivity contribution in [2.45, 2.75) is 38.6 Å². The summed E-state index contributed by atoms with van der Waals surface area (Å²) in [6, 6.07) is -0.358. The van der Waals surface area contributed by atoms with E-state index >= 15 is 0 Å². The van der Waals surface area contributed by atoms with Gasteiger partial charge < -0.3 is 15.0 Å². The van der Waals surface area contributed by atoms with Gasteiger partial charge in [0.2, 0.25) is 11.8 Å². The summed E-state index contributed by atoms with van der Waals surface area (Å²) < 4.78 is 5.55. The second-order valence-corrected chi connectivity index (χ2v) is 5.12. The molecule has 5 heteroatoms. The van der Waals surface area contributed by atoms with Crippen molar-refractivity contribution in [1.82, 2.24) is 10.2 Å². The molecule has 18 heavy (non-hydrogen) atoms. The Balaban J connectivity index is 1.77. The number of hydrogen-bond acceptors (Lipinski definition) is 3. The van der Waals surface area contributed by atoms with Crippen LogP contribution in [-0.2, 0) is 14.3 Å². The molecule has 1 saturated heterocycles. The van der Waals surface area contributed by atoms with E-state index in [9.17, 15) is 9.59 Å². The second kappa shape index (κ2) is 6.18. The minimum atomic E-state index is -0.358. The molecular formula is C13H22N2O3. The third kappa shape index (κ3) is 3.70. The van der Waals surface area contributed by atoms with Crippen molar-refractivity contribution in [2.75, 3.05) is 26.3 Å². The zero-order chi connectivity index (χ0) is 13.0. The van der Waals surface area contributed by atoms with Crippen LogP contribution in [0.3, 0.4) is 0 Å². The largest absolute Gasteiger partial charge is 0.379 e. The number of ether oxygens (including phenoxy) is 1. The van der Waals surface area contributed by atoms with Crippen molar-refractivity contribution in [1.29, 1.82) is 0 Å². The first-order valence-electron chi connectivity index (χ1n) is 6.86. The maximum absolute atomic E-state index is 12.1. The summed E-state index contributed by atoms with van der Waals surface area (Å²) in [4.78, 5) is 25.3. The first-order valence-corrected chi connectivity index (χ1v) is 6.86. The molecule has 0 aromatic rings. The lowest BCUT2D eigenvalue weighted by atomic mass is 10.2. The molecule has 0 radical (unpaired) electrons. The fraction of sp³-hybridized carbons (Fsp3) is 0.846. The first kappa shape index (κ1) is 13.3. The molecule has 2 amide bonds. The van der Waals surface area contributed by atoms with Crippen LogP contribution in [0.25, 0.3) is 0 Å². The molecule has 1 saturated carbocycles. The minimum Gasteiger partial charge on any atom is -0.379 e. The van der Waals surface area contributed by atoms with E-state index < -0.39 is 0 Å². The van der Waals surface area contributed by atoms with Crippen molar-refractivity contribution < 1.29 is 14.3 Å². The van der Waals surface area contributed by atoms with Gasteiger partial charge in [-0.2, -0.15) is 0 Å². The molecule has 2 fully saturated rings. The molecular weight excluding hydrogens is 232 g/mol. The molecule has 1 heterocycles. The number of nitrogens with zero attached hydrogens (tertiary/aromatic N) is 1. The molecule has 0 spiro atoms. The van der Waals surface area contributed by atoms with Crippen LogP contribution in [0.1, 0.15) is 32.6 Å². The fourth-order valence-corrected chi connectivity index (χ4v) is 2.10. The Labute approximate surface area is 108 Å². The quantitative estimate of drug-likeness (QED) is 0.704. The summed E-state index contributed by atoms with van der Waals surface area (Å²) in [5.41, 5.74) is 0. The number of carbonyl (C=O) groups excluding carboxylic acids is 2. The van der Waals surface area contributed by atoms with Crippen LogP contribution >= 0.6 is 0 Å². The summed E-state index contributed by atoms with van der Waals surface area (Å²) in [5, 5.41) is 2.76. The lowest BCUT2D eigenvalue weighted by molar-refractivity contribution is -0.134. The summed E-state index contributed by atoms with van der Waals surface area (Å²) in [6.07, 6.45) is 3.59. The predicted molar refractivity (Wildman–Crippen MR) is 67.0 cm³/mol. The predicted octanol–water partition coefficient (Wildman–Crippen LogP) is 0.540. The maximum Gasteiger partial charge on any atom is 0.245 e. The number of hydrogen-bond donors (Lipinski definition) is 1. The lowest BCUT2D eigenvalue weighted by Gasteiger charge is -2.23. The molecule has 2 aliphatic rings. The van der Waals surface area contributed by atoms with Crippen molar-refractivity contribution in [3.63, 3.8) is 0 Å². The zero-order valence-electron chi connectivity index (χ0n) is 11.0. The molecule has 5 nitrogen and oxygen atoms in total. The van der Waals surface area contributed by atoms with E-state index in [4.69, 9.17) is 4.74 Å². The summed E-state index contributed by atoms with van der Waals surface area (Å²) in [5.74, 6) is 0.742. The highest BCUT2D eigenvalue weighted by atomic mass is 16.5. The van der Waals surface area contributed by atoms with Gasteiger partial charge in [-0.25, -0.2) is 0 Å². The molecule has 0 aromatic carbocycles. The van der Waals surface area contributed by atoms with Gasteiger partial charge in [0.1, 0.15) is 6.04 Å². The standard InChI is InChI=1S/C13H22N2O3/c1-2-11-13(17)15(6-5-12(16)14-11)7-8-18-9-10-3-4-10/h10-11H,2-9H2,1H3,(H,14,16). The number of carbonyl (C=O) groups is 2. The second-order valence-electron chi connectivity index (χ2n) is 5.12. The third-order valence-electron chi connectivity index (χ3n) is 3.52.